The lowest BCUT2D eigenvalue weighted by Crippen LogP contribution is -2.67. The Hall–Kier alpha value is -0.440. The number of ether oxygens (including phenoxy) is 2. The maximum atomic E-state index is 10.1. The zero-order valence-electron chi connectivity index (χ0n) is 13.7. The van der Waals surface area contributed by atoms with Gasteiger partial charge in [-0.2, -0.15) is 0 Å². The maximum absolute atomic E-state index is 10.1. The predicted octanol–water partition coefficient (Wildman–Crippen LogP) is -5.44. The molecule has 0 aromatic carbocycles. The Labute approximate surface area is 144 Å². The number of nitrogens with zero attached hydrogens (tertiary/aromatic N) is 1. The van der Waals surface area contributed by atoms with Gasteiger partial charge in [0.15, 0.2) is 6.29 Å². The number of aliphatic hydroxyl groups is 8. The normalized spacial score (nSPS) is 49.3. The van der Waals surface area contributed by atoms with Crippen LogP contribution in [-0.2, 0) is 9.47 Å². The van der Waals surface area contributed by atoms with Gasteiger partial charge in [0, 0.05) is 0 Å². The largest absolute Gasteiger partial charge is 0.395 e. The highest BCUT2D eigenvalue weighted by atomic mass is 16.7. The Morgan fingerprint density at radius 1 is 0.760 bits per heavy atom. The molecule has 25 heavy (non-hydrogen) atoms. The quantitative estimate of drug-likeness (QED) is 0.231. The van der Waals surface area contributed by atoms with Crippen LogP contribution >= 0.6 is 0 Å². The highest BCUT2D eigenvalue weighted by Crippen LogP contribution is 2.26. The van der Waals surface area contributed by atoms with E-state index in [-0.39, 0.29) is 6.61 Å². The van der Waals surface area contributed by atoms with Gasteiger partial charge in [-0.25, -0.2) is 0 Å². The standard InChI is InChI=1S/C14H27NO10/c1-15-5(2-16)8(18)11(21)9(19)6(15)4-24-14-13(23)12(22)10(20)7(3-17)25-14/h5-14,16-23H,2-4H2,1H3. The fourth-order valence-electron chi connectivity index (χ4n) is 3.24. The van der Waals surface area contributed by atoms with Crippen LogP contribution in [0.1, 0.15) is 0 Å². The van der Waals surface area contributed by atoms with Crippen molar-refractivity contribution in [1.82, 2.24) is 4.90 Å². The van der Waals surface area contributed by atoms with Gasteiger partial charge >= 0.3 is 0 Å². The zero-order valence-corrected chi connectivity index (χ0v) is 13.7. The maximum Gasteiger partial charge on any atom is 0.186 e. The molecule has 11 nitrogen and oxygen atoms in total. The molecule has 0 saturated carbocycles. The zero-order chi connectivity index (χ0) is 18.9. The summed E-state index contributed by atoms with van der Waals surface area (Å²) in [7, 11) is 1.51. The van der Waals surface area contributed by atoms with E-state index in [0.29, 0.717) is 0 Å². The Kier molecular flexibility index (Phi) is 7.09. The first-order chi connectivity index (χ1) is 11.7. The average Bonchev–Trinajstić information content (AvgIpc) is 2.60. The van der Waals surface area contributed by atoms with E-state index in [9.17, 15) is 35.7 Å². The summed E-state index contributed by atoms with van der Waals surface area (Å²) in [5, 5.41) is 77.8. The van der Waals surface area contributed by atoms with Crippen molar-refractivity contribution >= 4 is 0 Å². The van der Waals surface area contributed by atoms with Gasteiger partial charge in [-0.1, -0.05) is 0 Å². The molecule has 8 N–H and O–H groups in total. The van der Waals surface area contributed by atoms with Crippen LogP contribution in [0.2, 0.25) is 0 Å². The molecule has 2 aliphatic rings. The van der Waals surface area contributed by atoms with E-state index in [0.717, 1.165) is 0 Å². The van der Waals surface area contributed by atoms with E-state index >= 15 is 0 Å². The van der Waals surface area contributed by atoms with E-state index in [1.165, 1.54) is 11.9 Å². The summed E-state index contributed by atoms with van der Waals surface area (Å²) in [5.41, 5.74) is 0. The van der Waals surface area contributed by atoms with Gasteiger partial charge in [0.2, 0.25) is 0 Å². The minimum atomic E-state index is -1.59. The van der Waals surface area contributed by atoms with Crippen molar-refractivity contribution in [1.29, 1.82) is 0 Å². The number of hydrogen-bond acceptors (Lipinski definition) is 11. The number of likely N-dealkylation sites (tertiary alicyclic amines) is 1. The van der Waals surface area contributed by atoms with E-state index in [1.807, 2.05) is 0 Å². The second kappa shape index (κ2) is 8.50. The van der Waals surface area contributed by atoms with Crippen LogP contribution < -0.4 is 0 Å². The summed E-state index contributed by atoms with van der Waals surface area (Å²) in [6, 6.07) is -1.68. The molecule has 0 spiro atoms. The molecule has 10 atom stereocenters. The van der Waals surface area contributed by atoms with E-state index in [1.54, 1.807) is 0 Å². The SMILES string of the molecule is CN1C(CO)C(O)C(O)C(O)C1COC1OC(CO)C(O)C(O)C1O. The Balaban J connectivity index is 2.03. The third kappa shape index (κ3) is 3.96. The second-order valence-electron chi connectivity index (χ2n) is 6.49. The van der Waals surface area contributed by atoms with Crippen LogP contribution in [0.5, 0.6) is 0 Å². The van der Waals surface area contributed by atoms with Crippen LogP contribution in [0, 0.1) is 0 Å². The monoisotopic (exact) mass is 369 g/mol. The van der Waals surface area contributed by atoms with Gasteiger partial charge < -0.3 is 50.3 Å². The topological polar surface area (TPSA) is 184 Å². The van der Waals surface area contributed by atoms with E-state index in [4.69, 9.17) is 14.6 Å². The van der Waals surface area contributed by atoms with Crippen LogP contribution in [0.3, 0.4) is 0 Å². The summed E-state index contributed by atoms with van der Waals surface area (Å²) in [6.45, 7) is -1.34. The minimum Gasteiger partial charge on any atom is -0.395 e. The van der Waals surface area contributed by atoms with Gasteiger partial charge in [-0.15, -0.1) is 0 Å². The molecule has 11 heteroatoms. The first kappa shape index (κ1) is 20.9. The average molecular weight is 369 g/mol. The smallest absolute Gasteiger partial charge is 0.186 e. The molecule has 2 fully saturated rings. The van der Waals surface area contributed by atoms with Gasteiger partial charge in [0.25, 0.3) is 0 Å². The molecule has 0 radical (unpaired) electrons. The molecule has 0 amide bonds. The molecule has 0 bridgehead atoms. The van der Waals surface area contributed by atoms with Crippen LogP contribution in [0.25, 0.3) is 0 Å². The molecular formula is C14H27NO10. The van der Waals surface area contributed by atoms with Gasteiger partial charge in [0.1, 0.15) is 42.7 Å². The van der Waals surface area contributed by atoms with Crippen molar-refractivity contribution in [3.8, 4) is 0 Å². The molecule has 2 heterocycles. The third-order valence-electron chi connectivity index (χ3n) is 5.00. The summed E-state index contributed by atoms with van der Waals surface area (Å²) < 4.78 is 10.6. The molecule has 2 rings (SSSR count). The first-order valence-electron chi connectivity index (χ1n) is 8.03. The fraction of sp³-hybridized carbons (Fsp3) is 1.00. The van der Waals surface area contributed by atoms with Crippen molar-refractivity contribution in [2.24, 2.45) is 0 Å². The molecule has 0 aromatic rings. The fourth-order valence-corrected chi connectivity index (χ4v) is 3.24. The highest BCUT2D eigenvalue weighted by molar-refractivity contribution is 4.99. The van der Waals surface area contributed by atoms with Crippen molar-refractivity contribution in [3.05, 3.63) is 0 Å². The van der Waals surface area contributed by atoms with Gasteiger partial charge in [0.05, 0.1) is 31.9 Å². The van der Waals surface area contributed by atoms with Crippen LogP contribution in [0.15, 0.2) is 0 Å². The highest BCUT2D eigenvalue weighted by Gasteiger charge is 2.48. The Morgan fingerprint density at radius 2 is 1.32 bits per heavy atom. The number of piperidine rings is 1. The Bertz CT molecular complexity index is 426. The number of rotatable bonds is 5. The van der Waals surface area contributed by atoms with Crippen LogP contribution in [-0.4, -0.2) is 134 Å². The van der Waals surface area contributed by atoms with E-state index < -0.39 is 74.3 Å². The van der Waals surface area contributed by atoms with Crippen LogP contribution in [0.4, 0.5) is 0 Å². The lowest BCUT2D eigenvalue weighted by Gasteiger charge is -2.47. The molecule has 2 aliphatic heterocycles. The Morgan fingerprint density at radius 3 is 1.88 bits per heavy atom. The molecule has 0 aliphatic carbocycles. The third-order valence-corrected chi connectivity index (χ3v) is 5.00. The molecule has 148 valence electrons. The lowest BCUT2D eigenvalue weighted by molar-refractivity contribution is -0.307. The first-order valence-corrected chi connectivity index (χ1v) is 8.03. The summed E-state index contributed by atoms with van der Waals surface area (Å²) >= 11 is 0. The summed E-state index contributed by atoms with van der Waals surface area (Å²) in [4.78, 5) is 1.44. The van der Waals surface area contributed by atoms with Crippen molar-refractivity contribution in [2.75, 3.05) is 26.9 Å². The number of likely N-dealkylation sites (N-methyl/N-ethyl adjacent to an activating group) is 1. The van der Waals surface area contributed by atoms with E-state index in [2.05, 4.69) is 0 Å². The molecule has 2 saturated heterocycles. The minimum absolute atomic E-state index is 0.277. The second-order valence-corrected chi connectivity index (χ2v) is 6.49. The molecular weight excluding hydrogens is 342 g/mol. The summed E-state index contributed by atoms with van der Waals surface area (Å²) in [6.07, 6.45) is -11.5. The van der Waals surface area contributed by atoms with Crippen molar-refractivity contribution in [2.45, 2.75) is 61.1 Å². The predicted molar refractivity (Wildman–Crippen MR) is 80.2 cm³/mol. The molecule has 10 unspecified atom stereocenters. The lowest BCUT2D eigenvalue weighted by atomic mass is 9.89. The van der Waals surface area contributed by atoms with Crippen molar-refractivity contribution < 1.29 is 50.3 Å². The summed E-state index contributed by atoms with van der Waals surface area (Å²) in [5.74, 6) is 0. The number of aliphatic hydroxyl groups excluding tert-OH is 8. The van der Waals surface area contributed by atoms with Gasteiger partial charge in [-0.3, -0.25) is 4.90 Å². The molecule has 0 aromatic heterocycles. The van der Waals surface area contributed by atoms with Crippen molar-refractivity contribution in [3.63, 3.8) is 0 Å². The van der Waals surface area contributed by atoms with Gasteiger partial charge in [-0.05, 0) is 7.05 Å². The number of hydrogen-bond donors (Lipinski definition) is 8.